The normalized spacial score (nSPS) is 12.3. The van der Waals surface area contributed by atoms with E-state index in [9.17, 15) is 22.8 Å². The van der Waals surface area contributed by atoms with Crippen LogP contribution in [0.2, 0.25) is 0 Å². The molecule has 1 heterocycles. The van der Waals surface area contributed by atoms with Gasteiger partial charge in [-0.1, -0.05) is 0 Å². The van der Waals surface area contributed by atoms with Gasteiger partial charge >= 0.3 is 12.1 Å². The Labute approximate surface area is 112 Å². The van der Waals surface area contributed by atoms with Crippen molar-refractivity contribution in [3.05, 3.63) is 17.5 Å². The first-order valence-corrected chi connectivity index (χ1v) is 5.60. The third kappa shape index (κ3) is 3.49. The number of carbonyl (C=O) groups excluding carboxylic acids is 1. The van der Waals surface area contributed by atoms with Gasteiger partial charge in [0.15, 0.2) is 5.69 Å². The highest BCUT2D eigenvalue weighted by atomic mass is 19.4. The number of rotatable bonds is 3. The fraction of sp³-hybridized carbons (Fsp3) is 0.545. The maximum atomic E-state index is 13.1. The molecule has 0 aromatic carbocycles. The van der Waals surface area contributed by atoms with Crippen molar-refractivity contribution in [1.82, 2.24) is 15.1 Å². The second-order valence-electron chi connectivity index (χ2n) is 5.06. The average Bonchev–Trinajstić information content (AvgIpc) is 2.69. The summed E-state index contributed by atoms with van der Waals surface area (Å²) in [7, 11) is 0. The van der Waals surface area contributed by atoms with Crippen LogP contribution in [0.15, 0.2) is 6.20 Å². The van der Waals surface area contributed by atoms with E-state index in [1.807, 2.05) is 5.32 Å². The molecule has 6 nitrogen and oxygen atoms in total. The Kier molecular flexibility index (Phi) is 4.11. The van der Waals surface area contributed by atoms with Crippen LogP contribution in [-0.2, 0) is 16.5 Å². The van der Waals surface area contributed by atoms with Gasteiger partial charge in [-0.05, 0) is 20.8 Å². The minimum atomic E-state index is -4.78. The van der Waals surface area contributed by atoms with E-state index in [1.165, 1.54) is 20.8 Å². The molecule has 0 spiro atoms. The molecular formula is C11H14F3N3O3. The van der Waals surface area contributed by atoms with E-state index in [0.29, 0.717) is 4.68 Å². The van der Waals surface area contributed by atoms with Crippen molar-refractivity contribution in [3.8, 4) is 0 Å². The fourth-order valence-corrected chi connectivity index (χ4v) is 1.55. The molecule has 0 saturated heterocycles. The Balaban J connectivity index is 3.25. The van der Waals surface area contributed by atoms with Crippen LogP contribution in [0, 0.1) is 0 Å². The summed E-state index contributed by atoms with van der Waals surface area (Å²) in [6, 6.07) is 0. The van der Waals surface area contributed by atoms with Gasteiger partial charge in [0.1, 0.15) is 6.54 Å². The Morgan fingerprint density at radius 3 is 2.30 bits per heavy atom. The molecule has 0 atom stereocenters. The summed E-state index contributed by atoms with van der Waals surface area (Å²) in [5, 5.41) is 13.9. The van der Waals surface area contributed by atoms with Crippen molar-refractivity contribution in [2.24, 2.45) is 0 Å². The maximum Gasteiger partial charge on any atom is 0.433 e. The maximum absolute atomic E-state index is 13.1. The monoisotopic (exact) mass is 293 g/mol. The SMILES string of the molecule is CC(C)(C)n1ncc(C(=O)NCC(=O)O)c1C(F)(F)F. The number of alkyl halides is 3. The highest BCUT2D eigenvalue weighted by Crippen LogP contribution is 2.34. The summed E-state index contributed by atoms with van der Waals surface area (Å²) in [6.07, 6.45) is -4.00. The van der Waals surface area contributed by atoms with Gasteiger partial charge < -0.3 is 10.4 Å². The molecule has 9 heteroatoms. The second kappa shape index (κ2) is 5.14. The summed E-state index contributed by atoms with van der Waals surface area (Å²) in [5.74, 6) is -2.48. The van der Waals surface area contributed by atoms with Gasteiger partial charge in [-0.2, -0.15) is 18.3 Å². The average molecular weight is 293 g/mol. The molecule has 0 aliphatic rings. The topological polar surface area (TPSA) is 84.2 Å². The zero-order chi connectivity index (χ0) is 15.7. The van der Waals surface area contributed by atoms with Crippen molar-refractivity contribution in [3.63, 3.8) is 0 Å². The minimum absolute atomic E-state index is 0.697. The molecule has 1 amide bonds. The number of carbonyl (C=O) groups is 2. The smallest absolute Gasteiger partial charge is 0.433 e. The Bertz CT molecular complexity index is 529. The lowest BCUT2D eigenvalue weighted by atomic mass is 10.1. The summed E-state index contributed by atoms with van der Waals surface area (Å²) in [5.41, 5.74) is -2.88. The number of amides is 1. The third-order valence-corrected chi connectivity index (χ3v) is 2.32. The zero-order valence-corrected chi connectivity index (χ0v) is 11.1. The molecule has 1 aromatic rings. The number of halogens is 3. The molecule has 0 aliphatic carbocycles. The number of aliphatic carboxylic acids is 1. The van der Waals surface area contributed by atoms with Crippen LogP contribution < -0.4 is 5.32 Å². The largest absolute Gasteiger partial charge is 0.480 e. The number of nitrogens with one attached hydrogen (secondary N) is 1. The van der Waals surface area contributed by atoms with Crippen LogP contribution in [0.3, 0.4) is 0 Å². The molecule has 1 aromatic heterocycles. The van der Waals surface area contributed by atoms with E-state index >= 15 is 0 Å². The molecule has 1 rings (SSSR count). The molecule has 0 saturated carbocycles. The lowest BCUT2D eigenvalue weighted by Gasteiger charge is -2.23. The van der Waals surface area contributed by atoms with E-state index in [2.05, 4.69) is 5.10 Å². The number of hydrogen-bond donors (Lipinski definition) is 2. The van der Waals surface area contributed by atoms with Gasteiger partial charge in [0.25, 0.3) is 5.91 Å². The lowest BCUT2D eigenvalue weighted by Crippen LogP contribution is -2.33. The van der Waals surface area contributed by atoms with Crippen molar-refractivity contribution in [2.45, 2.75) is 32.5 Å². The summed E-state index contributed by atoms with van der Waals surface area (Å²) in [4.78, 5) is 22.0. The van der Waals surface area contributed by atoms with E-state index in [0.717, 1.165) is 6.20 Å². The summed E-state index contributed by atoms with van der Waals surface area (Å²) >= 11 is 0. The van der Waals surface area contributed by atoms with Crippen LogP contribution in [0.1, 0.15) is 36.8 Å². The molecule has 20 heavy (non-hydrogen) atoms. The standard InChI is InChI=1S/C11H14F3N3O3/c1-10(2,3)17-8(11(12,13)14)6(4-16-17)9(20)15-5-7(18)19/h4H,5H2,1-3H3,(H,15,20)(H,18,19). The van der Waals surface area contributed by atoms with Crippen LogP contribution >= 0.6 is 0 Å². The van der Waals surface area contributed by atoms with Crippen LogP contribution in [0.4, 0.5) is 13.2 Å². The minimum Gasteiger partial charge on any atom is -0.480 e. The molecule has 112 valence electrons. The number of nitrogens with zero attached hydrogens (tertiary/aromatic N) is 2. The quantitative estimate of drug-likeness (QED) is 0.884. The molecular weight excluding hydrogens is 279 g/mol. The number of aromatic nitrogens is 2. The van der Waals surface area contributed by atoms with Gasteiger partial charge in [0, 0.05) is 0 Å². The van der Waals surface area contributed by atoms with Gasteiger partial charge in [-0.25, -0.2) is 0 Å². The predicted molar refractivity (Wildman–Crippen MR) is 62.2 cm³/mol. The summed E-state index contributed by atoms with van der Waals surface area (Å²) in [6.45, 7) is 3.76. The highest BCUT2D eigenvalue weighted by molar-refractivity contribution is 5.96. The van der Waals surface area contributed by atoms with E-state index in [-0.39, 0.29) is 0 Å². The van der Waals surface area contributed by atoms with E-state index in [4.69, 9.17) is 5.11 Å². The van der Waals surface area contributed by atoms with E-state index < -0.39 is 41.4 Å². The van der Waals surface area contributed by atoms with E-state index in [1.54, 1.807) is 0 Å². The van der Waals surface area contributed by atoms with Gasteiger partial charge in [-0.3, -0.25) is 14.3 Å². The molecule has 0 bridgehead atoms. The highest BCUT2D eigenvalue weighted by Gasteiger charge is 2.42. The Hall–Kier alpha value is -2.06. The first-order valence-electron chi connectivity index (χ1n) is 5.60. The van der Waals surface area contributed by atoms with Gasteiger partial charge in [0.2, 0.25) is 0 Å². The lowest BCUT2D eigenvalue weighted by molar-refractivity contribution is -0.146. The molecule has 2 N–H and O–H groups in total. The third-order valence-electron chi connectivity index (χ3n) is 2.32. The first kappa shape index (κ1) is 16.0. The number of hydrogen-bond acceptors (Lipinski definition) is 3. The van der Waals surface area contributed by atoms with Gasteiger partial charge in [-0.15, -0.1) is 0 Å². The molecule has 0 unspecified atom stereocenters. The van der Waals surface area contributed by atoms with Crippen LogP contribution in [0.5, 0.6) is 0 Å². The second-order valence-corrected chi connectivity index (χ2v) is 5.06. The van der Waals surface area contributed by atoms with Crippen molar-refractivity contribution in [2.75, 3.05) is 6.54 Å². The molecule has 0 radical (unpaired) electrons. The van der Waals surface area contributed by atoms with Crippen molar-refractivity contribution >= 4 is 11.9 Å². The first-order chi connectivity index (χ1) is 8.94. The number of carboxylic acid groups (broad SMARTS) is 1. The van der Waals surface area contributed by atoms with Gasteiger partial charge in [0.05, 0.1) is 17.3 Å². The Morgan fingerprint density at radius 2 is 1.90 bits per heavy atom. The van der Waals surface area contributed by atoms with Crippen molar-refractivity contribution < 1.29 is 27.9 Å². The van der Waals surface area contributed by atoms with Crippen LogP contribution in [-0.4, -0.2) is 33.3 Å². The predicted octanol–water partition coefficient (Wildman–Crippen LogP) is 1.47. The number of carboxylic acids is 1. The zero-order valence-electron chi connectivity index (χ0n) is 11.1. The fourth-order valence-electron chi connectivity index (χ4n) is 1.55. The van der Waals surface area contributed by atoms with Crippen molar-refractivity contribution in [1.29, 1.82) is 0 Å². The molecule has 0 aliphatic heterocycles. The van der Waals surface area contributed by atoms with Crippen LogP contribution in [0.25, 0.3) is 0 Å². The molecule has 0 fully saturated rings. The Morgan fingerprint density at radius 1 is 1.35 bits per heavy atom. The summed E-state index contributed by atoms with van der Waals surface area (Å²) < 4.78 is 39.9.